The molecule has 4 rings (SSSR count). The summed E-state index contributed by atoms with van der Waals surface area (Å²) in [5.41, 5.74) is 1.33. The highest BCUT2D eigenvalue weighted by atomic mass is 19.4. The summed E-state index contributed by atoms with van der Waals surface area (Å²) in [6.45, 7) is 0.591. The van der Waals surface area contributed by atoms with Gasteiger partial charge in [-0.05, 0) is 49.8 Å². The number of aromatic nitrogens is 4. The molecule has 0 unspecified atom stereocenters. The minimum atomic E-state index is -4.60. The predicted octanol–water partition coefficient (Wildman–Crippen LogP) is 3.85. The fourth-order valence-electron chi connectivity index (χ4n) is 3.83. The Morgan fingerprint density at radius 2 is 1.83 bits per heavy atom. The highest BCUT2D eigenvalue weighted by Crippen LogP contribution is 2.36. The summed E-state index contributed by atoms with van der Waals surface area (Å²) in [7, 11) is 0. The molecule has 152 valence electrons. The Bertz CT molecular complexity index is 994. The Kier molecular flexibility index (Phi) is 5.21. The lowest BCUT2D eigenvalue weighted by molar-refractivity contribution is -0.144. The zero-order chi connectivity index (χ0) is 20.4. The summed E-state index contributed by atoms with van der Waals surface area (Å²) in [4.78, 5) is 19.6. The van der Waals surface area contributed by atoms with Gasteiger partial charge in [0.15, 0.2) is 0 Å². The Labute approximate surface area is 165 Å². The van der Waals surface area contributed by atoms with E-state index in [9.17, 15) is 18.0 Å². The summed E-state index contributed by atoms with van der Waals surface area (Å²) in [6.07, 6.45) is 0.262. The molecule has 1 N–H and O–H groups in total. The van der Waals surface area contributed by atoms with E-state index in [1.165, 1.54) is 10.7 Å². The number of nitrogens with zero attached hydrogens (tertiary/aromatic N) is 4. The molecule has 2 heterocycles. The van der Waals surface area contributed by atoms with Gasteiger partial charge in [0.2, 0.25) is 0 Å². The molecule has 1 aromatic carbocycles. The van der Waals surface area contributed by atoms with Gasteiger partial charge in [-0.3, -0.25) is 4.79 Å². The average Bonchev–Trinajstić information content (AvgIpc) is 3.18. The first-order valence-corrected chi connectivity index (χ1v) is 9.54. The maximum absolute atomic E-state index is 12.9. The summed E-state index contributed by atoms with van der Waals surface area (Å²) in [5.74, 6) is -0.866. The number of nitrogens with one attached hydrogen (secondary N) is 1. The highest BCUT2D eigenvalue weighted by Gasteiger charge is 2.37. The van der Waals surface area contributed by atoms with Gasteiger partial charge in [-0.25, -0.2) is 9.50 Å². The second kappa shape index (κ2) is 7.81. The van der Waals surface area contributed by atoms with Gasteiger partial charge >= 0.3 is 6.18 Å². The number of amides is 1. The fourth-order valence-corrected chi connectivity index (χ4v) is 3.83. The van der Waals surface area contributed by atoms with E-state index in [0.29, 0.717) is 23.7 Å². The summed E-state index contributed by atoms with van der Waals surface area (Å²) in [5, 5.41) is 6.60. The van der Waals surface area contributed by atoms with Crippen LogP contribution in [0.1, 0.15) is 53.5 Å². The normalized spacial score (nSPS) is 20.0. The van der Waals surface area contributed by atoms with Crippen LogP contribution >= 0.6 is 0 Å². The van der Waals surface area contributed by atoms with E-state index in [0.717, 1.165) is 25.7 Å². The Morgan fingerprint density at radius 3 is 2.52 bits per heavy atom. The van der Waals surface area contributed by atoms with Crippen molar-refractivity contribution in [2.45, 2.75) is 37.8 Å². The molecule has 1 fully saturated rings. The van der Waals surface area contributed by atoms with Crippen molar-refractivity contribution in [3.63, 3.8) is 0 Å². The van der Waals surface area contributed by atoms with Crippen molar-refractivity contribution < 1.29 is 18.0 Å². The second-order valence-corrected chi connectivity index (χ2v) is 7.31. The lowest BCUT2D eigenvalue weighted by Crippen LogP contribution is -2.31. The molecule has 0 radical (unpaired) electrons. The number of hydrogen-bond donors (Lipinski definition) is 1. The summed E-state index contributed by atoms with van der Waals surface area (Å²) < 4.78 is 40.0. The second-order valence-electron chi connectivity index (χ2n) is 7.31. The van der Waals surface area contributed by atoms with Gasteiger partial charge in [-0.15, -0.1) is 5.10 Å². The van der Waals surface area contributed by atoms with Crippen LogP contribution < -0.4 is 5.32 Å². The van der Waals surface area contributed by atoms with Crippen LogP contribution in [0.25, 0.3) is 5.78 Å². The first kappa shape index (κ1) is 19.4. The van der Waals surface area contributed by atoms with Crippen LogP contribution in [0.5, 0.6) is 0 Å². The average molecular weight is 403 g/mol. The van der Waals surface area contributed by atoms with Crippen molar-refractivity contribution in [2.75, 3.05) is 6.54 Å². The Hall–Kier alpha value is -2.97. The third-order valence-corrected chi connectivity index (χ3v) is 5.38. The Balaban J connectivity index is 1.38. The van der Waals surface area contributed by atoms with Crippen molar-refractivity contribution in [1.29, 1.82) is 0 Å². The summed E-state index contributed by atoms with van der Waals surface area (Å²) >= 11 is 0. The summed E-state index contributed by atoms with van der Waals surface area (Å²) in [6, 6.07) is 10.8. The standard InChI is InChI=1S/C20H20F3N5O/c21-20(22,23)18-26-19-24-11-10-16(28(19)27-18)14-8-6-13(7-9-14)12-25-17(29)15-4-2-1-3-5-15/h1-5,10-11,13-14H,6-9,12H2,(H,25,29). The monoisotopic (exact) mass is 403 g/mol. The molecular formula is C20H20F3N5O. The molecule has 1 aliphatic rings. The van der Waals surface area contributed by atoms with Gasteiger partial charge < -0.3 is 5.32 Å². The predicted molar refractivity (Wildman–Crippen MR) is 99.3 cm³/mol. The van der Waals surface area contributed by atoms with Crippen LogP contribution in [-0.2, 0) is 6.18 Å². The molecule has 0 aliphatic heterocycles. The molecule has 0 atom stereocenters. The third kappa shape index (κ3) is 4.23. The van der Waals surface area contributed by atoms with Crippen LogP contribution in [0.3, 0.4) is 0 Å². The van der Waals surface area contributed by atoms with Crippen molar-refractivity contribution >= 4 is 11.7 Å². The number of carbonyl (C=O) groups excluding carboxylic acids is 1. The number of alkyl halides is 3. The van der Waals surface area contributed by atoms with Gasteiger partial charge in [0.1, 0.15) is 0 Å². The molecule has 1 saturated carbocycles. The van der Waals surface area contributed by atoms with E-state index < -0.39 is 12.0 Å². The molecule has 0 bridgehead atoms. The first-order valence-electron chi connectivity index (χ1n) is 9.54. The number of carbonyl (C=O) groups is 1. The van der Waals surface area contributed by atoms with Gasteiger partial charge in [0, 0.05) is 24.2 Å². The van der Waals surface area contributed by atoms with Crippen LogP contribution in [0.2, 0.25) is 0 Å². The maximum atomic E-state index is 12.9. The molecule has 3 aromatic rings. The van der Waals surface area contributed by atoms with Gasteiger partial charge in [0.25, 0.3) is 17.5 Å². The van der Waals surface area contributed by atoms with Gasteiger partial charge in [-0.2, -0.15) is 18.2 Å². The van der Waals surface area contributed by atoms with E-state index >= 15 is 0 Å². The number of benzene rings is 1. The minimum absolute atomic E-state index is 0.0351. The first-order chi connectivity index (χ1) is 13.9. The van der Waals surface area contributed by atoms with E-state index in [2.05, 4.69) is 20.4 Å². The molecule has 2 aromatic heterocycles. The zero-order valence-corrected chi connectivity index (χ0v) is 15.6. The van der Waals surface area contributed by atoms with E-state index in [1.807, 2.05) is 18.2 Å². The fraction of sp³-hybridized carbons (Fsp3) is 0.400. The molecule has 0 spiro atoms. The van der Waals surface area contributed by atoms with Crippen LogP contribution in [0.15, 0.2) is 42.6 Å². The molecule has 1 aliphatic carbocycles. The smallest absolute Gasteiger partial charge is 0.352 e. The molecule has 29 heavy (non-hydrogen) atoms. The van der Waals surface area contributed by atoms with Crippen LogP contribution in [0.4, 0.5) is 13.2 Å². The number of fused-ring (bicyclic) bond motifs is 1. The number of hydrogen-bond acceptors (Lipinski definition) is 4. The van der Waals surface area contributed by atoms with Crippen LogP contribution in [-0.4, -0.2) is 32.0 Å². The lowest BCUT2D eigenvalue weighted by atomic mass is 9.80. The van der Waals surface area contributed by atoms with Crippen molar-refractivity contribution in [3.05, 3.63) is 59.7 Å². The lowest BCUT2D eigenvalue weighted by Gasteiger charge is -2.28. The quantitative estimate of drug-likeness (QED) is 0.718. The van der Waals surface area contributed by atoms with Crippen molar-refractivity contribution in [1.82, 2.24) is 24.9 Å². The minimum Gasteiger partial charge on any atom is -0.352 e. The number of halogens is 3. The van der Waals surface area contributed by atoms with Crippen LogP contribution in [0, 0.1) is 5.92 Å². The van der Waals surface area contributed by atoms with E-state index in [-0.39, 0.29) is 17.6 Å². The largest absolute Gasteiger partial charge is 0.453 e. The van der Waals surface area contributed by atoms with E-state index in [4.69, 9.17) is 0 Å². The Morgan fingerprint density at radius 1 is 1.10 bits per heavy atom. The number of rotatable bonds is 4. The zero-order valence-electron chi connectivity index (χ0n) is 15.6. The molecule has 6 nitrogen and oxygen atoms in total. The topological polar surface area (TPSA) is 72.2 Å². The highest BCUT2D eigenvalue weighted by molar-refractivity contribution is 5.94. The molecular weight excluding hydrogens is 383 g/mol. The molecule has 9 heteroatoms. The van der Waals surface area contributed by atoms with Gasteiger partial charge in [0.05, 0.1) is 5.69 Å². The van der Waals surface area contributed by atoms with Crippen molar-refractivity contribution in [2.24, 2.45) is 5.92 Å². The maximum Gasteiger partial charge on any atom is 0.453 e. The SMILES string of the molecule is O=C(NCC1CCC(c2ccnc3nc(C(F)(F)F)nn23)CC1)c1ccccc1. The van der Waals surface area contributed by atoms with Gasteiger partial charge in [-0.1, -0.05) is 18.2 Å². The van der Waals surface area contributed by atoms with E-state index in [1.54, 1.807) is 18.2 Å². The van der Waals surface area contributed by atoms with Crippen molar-refractivity contribution in [3.8, 4) is 0 Å². The molecule has 0 saturated heterocycles. The third-order valence-electron chi connectivity index (χ3n) is 5.38. The molecule has 1 amide bonds.